The molecule has 2 aromatic rings. The molecule has 2 heterocycles. The number of anilines is 1. The molecule has 0 radical (unpaired) electrons. The van der Waals surface area contributed by atoms with Crippen LogP contribution in [0.1, 0.15) is 13.8 Å². The van der Waals surface area contributed by atoms with Crippen molar-refractivity contribution in [1.82, 2.24) is 30.2 Å². The van der Waals surface area contributed by atoms with Crippen LogP contribution >= 0.6 is 11.8 Å². The number of rotatable bonds is 8. The second-order valence-corrected chi connectivity index (χ2v) is 6.09. The summed E-state index contributed by atoms with van der Waals surface area (Å²) in [5, 5.41) is 14.6. The van der Waals surface area contributed by atoms with Gasteiger partial charge >= 0.3 is 0 Å². The summed E-state index contributed by atoms with van der Waals surface area (Å²) in [7, 11) is 2.94. The summed E-state index contributed by atoms with van der Waals surface area (Å²) in [5.74, 6) is 0.949. The zero-order valence-electron chi connectivity index (χ0n) is 13.9. The number of nitrogens with one attached hydrogen (secondary N) is 1. The van der Waals surface area contributed by atoms with Crippen LogP contribution in [0, 0.1) is 5.92 Å². The van der Waals surface area contributed by atoms with Crippen molar-refractivity contribution in [3.05, 3.63) is 6.07 Å². The third kappa shape index (κ3) is 5.05. The van der Waals surface area contributed by atoms with Gasteiger partial charge in [-0.15, -0.1) is 5.10 Å². The molecule has 1 amide bonds. The molecule has 130 valence electrons. The maximum absolute atomic E-state index is 12.1. The van der Waals surface area contributed by atoms with E-state index in [9.17, 15) is 4.79 Å². The predicted molar refractivity (Wildman–Crippen MR) is 87.1 cm³/mol. The molecule has 2 rings (SSSR count). The van der Waals surface area contributed by atoms with Gasteiger partial charge in [-0.3, -0.25) is 10.1 Å². The molecular weight excluding hydrogens is 334 g/mol. The Bertz CT molecular complexity index is 670. The third-order valence-electron chi connectivity index (χ3n) is 2.72. The first-order valence-corrected chi connectivity index (χ1v) is 8.16. The summed E-state index contributed by atoms with van der Waals surface area (Å²) in [6.07, 6.45) is 0. The van der Waals surface area contributed by atoms with Crippen LogP contribution in [-0.2, 0) is 11.3 Å². The molecule has 10 nitrogen and oxygen atoms in total. The fraction of sp³-hybridized carbons (Fsp3) is 0.538. The van der Waals surface area contributed by atoms with Gasteiger partial charge < -0.3 is 9.47 Å². The van der Waals surface area contributed by atoms with Crippen LogP contribution in [0.5, 0.6) is 11.8 Å². The Morgan fingerprint density at radius 2 is 1.96 bits per heavy atom. The number of methoxy groups -OCH3 is 2. The average Bonchev–Trinajstić information content (AvgIpc) is 2.98. The number of carbonyl (C=O) groups is 1. The topological polar surface area (TPSA) is 117 Å². The Kier molecular flexibility index (Phi) is 6.29. The van der Waals surface area contributed by atoms with Gasteiger partial charge in [-0.25, -0.2) is 4.68 Å². The second-order valence-electron chi connectivity index (χ2n) is 5.15. The minimum absolute atomic E-state index is 0.110. The molecule has 0 aliphatic heterocycles. The van der Waals surface area contributed by atoms with E-state index in [1.54, 1.807) is 4.68 Å². The van der Waals surface area contributed by atoms with E-state index in [1.807, 2.05) is 0 Å². The monoisotopic (exact) mass is 353 g/mol. The van der Waals surface area contributed by atoms with Crippen molar-refractivity contribution >= 4 is 23.6 Å². The highest BCUT2D eigenvalue weighted by Crippen LogP contribution is 2.18. The fourth-order valence-corrected chi connectivity index (χ4v) is 2.41. The van der Waals surface area contributed by atoms with E-state index in [4.69, 9.17) is 9.47 Å². The fourth-order valence-electron chi connectivity index (χ4n) is 1.72. The lowest BCUT2D eigenvalue weighted by Gasteiger charge is -2.08. The molecule has 0 saturated heterocycles. The normalized spacial score (nSPS) is 10.7. The van der Waals surface area contributed by atoms with Crippen molar-refractivity contribution in [1.29, 1.82) is 0 Å². The van der Waals surface area contributed by atoms with Crippen LogP contribution in [0.25, 0.3) is 0 Å². The first kappa shape index (κ1) is 17.9. The average molecular weight is 353 g/mol. The van der Waals surface area contributed by atoms with Gasteiger partial charge in [0.2, 0.25) is 28.8 Å². The summed E-state index contributed by atoms with van der Waals surface area (Å²) in [5.41, 5.74) is 0. The number of hydrogen-bond acceptors (Lipinski definition) is 9. The summed E-state index contributed by atoms with van der Waals surface area (Å²) in [6, 6.07) is 1.52. The summed E-state index contributed by atoms with van der Waals surface area (Å²) in [4.78, 5) is 20.2. The van der Waals surface area contributed by atoms with Crippen molar-refractivity contribution in [2.24, 2.45) is 5.92 Å². The first-order valence-electron chi connectivity index (χ1n) is 7.17. The molecule has 0 aliphatic carbocycles. The maximum Gasteiger partial charge on any atom is 0.237 e. The zero-order valence-corrected chi connectivity index (χ0v) is 14.7. The van der Waals surface area contributed by atoms with Gasteiger partial charge in [0.25, 0.3) is 0 Å². The number of nitrogens with zero attached hydrogens (tertiary/aromatic N) is 6. The van der Waals surface area contributed by atoms with Crippen LogP contribution in [-0.4, -0.2) is 56.1 Å². The molecule has 0 saturated carbocycles. The molecular formula is C13H19N7O3S. The molecule has 1 N–H and O–H groups in total. The predicted octanol–water partition coefficient (Wildman–Crippen LogP) is 0.867. The van der Waals surface area contributed by atoms with Crippen LogP contribution in [0.2, 0.25) is 0 Å². The number of aromatic nitrogens is 6. The van der Waals surface area contributed by atoms with Crippen LogP contribution in [0.3, 0.4) is 0 Å². The second kappa shape index (κ2) is 8.43. The molecule has 2 aromatic heterocycles. The summed E-state index contributed by atoms with van der Waals surface area (Å²) < 4.78 is 11.7. The quantitative estimate of drug-likeness (QED) is 0.690. The molecule has 0 spiro atoms. The van der Waals surface area contributed by atoms with Gasteiger partial charge in [0.1, 0.15) is 0 Å². The minimum atomic E-state index is -0.283. The molecule has 0 atom stereocenters. The third-order valence-corrected chi connectivity index (χ3v) is 3.68. The van der Waals surface area contributed by atoms with Gasteiger partial charge in [-0.05, 0) is 16.3 Å². The Hall–Kier alpha value is -2.43. The number of tetrazole rings is 1. The van der Waals surface area contributed by atoms with Crippen molar-refractivity contribution in [2.45, 2.75) is 25.5 Å². The van der Waals surface area contributed by atoms with Crippen molar-refractivity contribution in [3.63, 3.8) is 0 Å². The van der Waals surface area contributed by atoms with E-state index in [-0.39, 0.29) is 17.6 Å². The molecule has 0 unspecified atom stereocenters. The molecule has 0 fully saturated rings. The number of thioether (sulfide) groups is 1. The number of hydrogen-bond donors (Lipinski definition) is 1. The lowest BCUT2D eigenvalue weighted by Crippen LogP contribution is -2.17. The van der Waals surface area contributed by atoms with E-state index in [2.05, 4.69) is 44.7 Å². The van der Waals surface area contributed by atoms with E-state index in [0.717, 1.165) is 0 Å². The largest absolute Gasteiger partial charge is 0.481 e. The molecule has 11 heteroatoms. The molecule has 0 aromatic carbocycles. The molecule has 0 aliphatic rings. The smallest absolute Gasteiger partial charge is 0.237 e. The van der Waals surface area contributed by atoms with E-state index >= 15 is 0 Å². The SMILES string of the molecule is COc1cc(OC)nc(NC(=O)CSc2nnnn2CC(C)C)n1. The van der Waals surface area contributed by atoms with E-state index in [0.29, 0.717) is 29.4 Å². The van der Waals surface area contributed by atoms with Gasteiger partial charge in [0.15, 0.2) is 0 Å². The first-order chi connectivity index (χ1) is 11.5. The van der Waals surface area contributed by atoms with E-state index in [1.165, 1.54) is 32.0 Å². The van der Waals surface area contributed by atoms with Crippen molar-refractivity contribution in [2.75, 3.05) is 25.3 Å². The zero-order chi connectivity index (χ0) is 17.5. The van der Waals surface area contributed by atoms with Gasteiger partial charge in [0, 0.05) is 6.54 Å². The minimum Gasteiger partial charge on any atom is -0.481 e. The van der Waals surface area contributed by atoms with Crippen molar-refractivity contribution < 1.29 is 14.3 Å². The van der Waals surface area contributed by atoms with Crippen LogP contribution in [0.4, 0.5) is 5.95 Å². The standard InChI is InChI=1S/C13H19N7O3S/c1-8(2)6-20-13(17-18-19-20)24-7-9(21)14-12-15-10(22-3)5-11(16-12)23-4/h5,8H,6-7H2,1-4H3,(H,14,15,16,21). The van der Waals surface area contributed by atoms with Gasteiger partial charge in [-0.2, -0.15) is 9.97 Å². The number of amides is 1. The van der Waals surface area contributed by atoms with Gasteiger partial charge in [0.05, 0.1) is 26.0 Å². The Balaban J connectivity index is 1.95. The van der Waals surface area contributed by atoms with Crippen LogP contribution in [0.15, 0.2) is 11.2 Å². The summed E-state index contributed by atoms with van der Waals surface area (Å²) >= 11 is 1.24. The molecule has 0 bridgehead atoms. The van der Waals surface area contributed by atoms with Gasteiger partial charge in [-0.1, -0.05) is 25.6 Å². The summed E-state index contributed by atoms with van der Waals surface area (Å²) in [6.45, 7) is 4.82. The lowest BCUT2D eigenvalue weighted by molar-refractivity contribution is -0.113. The Morgan fingerprint density at radius 1 is 1.29 bits per heavy atom. The number of carbonyl (C=O) groups excluding carboxylic acids is 1. The highest BCUT2D eigenvalue weighted by molar-refractivity contribution is 7.99. The highest BCUT2D eigenvalue weighted by atomic mass is 32.2. The van der Waals surface area contributed by atoms with Crippen LogP contribution < -0.4 is 14.8 Å². The highest BCUT2D eigenvalue weighted by Gasteiger charge is 2.13. The Labute approximate surface area is 143 Å². The Morgan fingerprint density at radius 3 is 2.54 bits per heavy atom. The van der Waals surface area contributed by atoms with E-state index < -0.39 is 0 Å². The molecule has 24 heavy (non-hydrogen) atoms. The van der Waals surface area contributed by atoms with Crippen molar-refractivity contribution in [3.8, 4) is 11.8 Å². The lowest BCUT2D eigenvalue weighted by atomic mass is 10.2. The number of ether oxygens (including phenoxy) is 2. The maximum atomic E-state index is 12.1.